The maximum atomic E-state index is 13.3. The minimum atomic E-state index is -4.20. The van der Waals surface area contributed by atoms with Gasteiger partial charge >= 0.3 is 0 Å². The number of carbonyl (C=O) groups is 1. The summed E-state index contributed by atoms with van der Waals surface area (Å²) < 4.78 is 46.3. The van der Waals surface area contributed by atoms with Crippen LogP contribution in [0.2, 0.25) is 10.0 Å². The van der Waals surface area contributed by atoms with Gasteiger partial charge in [0.2, 0.25) is 5.91 Å². The zero-order chi connectivity index (χ0) is 23.3. The van der Waals surface area contributed by atoms with Crippen LogP contribution in [0.3, 0.4) is 0 Å². The van der Waals surface area contributed by atoms with Crippen LogP contribution in [0.15, 0.2) is 71.6 Å². The zero-order valence-electron chi connectivity index (χ0n) is 16.9. The molecule has 0 aromatic heterocycles. The van der Waals surface area contributed by atoms with E-state index in [4.69, 9.17) is 27.9 Å². The molecule has 0 saturated carbocycles. The number of rotatable bonds is 8. The van der Waals surface area contributed by atoms with Gasteiger partial charge in [-0.25, -0.2) is 12.8 Å². The highest BCUT2D eigenvalue weighted by Crippen LogP contribution is 2.30. The second-order valence-electron chi connectivity index (χ2n) is 6.54. The number of nitrogens with zero attached hydrogens (tertiary/aromatic N) is 1. The molecule has 3 aromatic carbocycles. The van der Waals surface area contributed by atoms with E-state index < -0.39 is 28.3 Å². The van der Waals surface area contributed by atoms with Crippen LogP contribution in [0.4, 0.5) is 15.8 Å². The standard InChI is InChI=1S/C22H19Cl2FN2O4S/c1-2-31-17-10-8-16(9-11-17)27(32(29,30)18-12-6-15(25)7-13-18)14-21(28)26-22-19(23)4-3-5-20(22)24/h3-13H,2,14H2,1H3,(H,26,28). The van der Waals surface area contributed by atoms with Gasteiger partial charge in [-0.2, -0.15) is 0 Å². The van der Waals surface area contributed by atoms with Crippen LogP contribution in [0.25, 0.3) is 0 Å². The van der Waals surface area contributed by atoms with Crippen LogP contribution in [-0.4, -0.2) is 27.5 Å². The van der Waals surface area contributed by atoms with Crippen molar-refractivity contribution in [2.45, 2.75) is 11.8 Å². The molecule has 0 bridgehead atoms. The fraction of sp³-hybridized carbons (Fsp3) is 0.136. The van der Waals surface area contributed by atoms with Crippen molar-refractivity contribution in [3.63, 3.8) is 0 Å². The number of nitrogens with one attached hydrogen (secondary N) is 1. The third-order valence-electron chi connectivity index (χ3n) is 4.35. The lowest BCUT2D eigenvalue weighted by atomic mass is 10.3. The molecule has 3 aromatic rings. The van der Waals surface area contributed by atoms with Gasteiger partial charge in [-0.3, -0.25) is 9.10 Å². The van der Waals surface area contributed by atoms with E-state index in [2.05, 4.69) is 5.32 Å². The maximum Gasteiger partial charge on any atom is 0.264 e. The number of hydrogen-bond acceptors (Lipinski definition) is 4. The Morgan fingerprint density at radius 1 is 1.00 bits per heavy atom. The highest BCUT2D eigenvalue weighted by molar-refractivity contribution is 7.92. The molecule has 1 N–H and O–H groups in total. The number of ether oxygens (including phenoxy) is 1. The summed E-state index contributed by atoms with van der Waals surface area (Å²) in [4.78, 5) is 12.6. The van der Waals surface area contributed by atoms with E-state index >= 15 is 0 Å². The molecule has 10 heteroatoms. The molecule has 1 amide bonds. The summed E-state index contributed by atoms with van der Waals surface area (Å²) >= 11 is 12.2. The first-order valence-corrected chi connectivity index (χ1v) is 11.7. The van der Waals surface area contributed by atoms with Crippen molar-refractivity contribution in [1.29, 1.82) is 0 Å². The number of sulfonamides is 1. The van der Waals surface area contributed by atoms with Crippen molar-refractivity contribution < 1.29 is 22.3 Å². The quantitative estimate of drug-likeness (QED) is 0.455. The van der Waals surface area contributed by atoms with Gasteiger partial charge in [-0.1, -0.05) is 29.3 Å². The summed E-state index contributed by atoms with van der Waals surface area (Å²) in [6, 6.07) is 15.3. The number of para-hydroxylation sites is 1. The predicted octanol–water partition coefficient (Wildman–Crippen LogP) is 5.37. The van der Waals surface area contributed by atoms with Crippen molar-refractivity contribution in [3.05, 3.63) is 82.6 Å². The van der Waals surface area contributed by atoms with Crippen LogP contribution in [0, 0.1) is 5.82 Å². The summed E-state index contributed by atoms with van der Waals surface area (Å²) in [5.41, 5.74) is 0.393. The van der Waals surface area contributed by atoms with Gasteiger partial charge in [0.1, 0.15) is 18.1 Å². The molecular weight excluding hydrogens is 478 g/mol. The first-order valence-electron chi connectivity index (χ1n) is 9.47. The molecule has 168 valence electrons. The molecule has 0 unspecified atom stereocenters. The molecule has 32 heavy (non-hydrogen) atoms. The average molecular weight is 497 g/mol. The molecule has 0 aliphatic heterocycles. The fourth-order valence-corrected chi connectivity index (χ4v) is 4.76. The van der Waals surface area contributed by atoms with E-state index in [1.165, 1.54) is 12.1 Å². The summed E-state index contributed by atoms with van der Waals surface area (Å²) in [5.74, 6) is -0.704. The number of amides is 1. The molecule has 0 aliphatic carbocycles. The molecular formula is C22H19Cl2FN2O4S. The smallest absolute Gasteiger partial charge is 0.264 e. The number of hydrogen-bond donors (Lipinski definition) is 1. The SMILES string of the molecule is CCOc1ccc(N(CC(=O)Nc2c(Cl)cccc2Cl)S(=O)(=O)c2ccc(F)cc2)cc1. The van der Waals surface area contributed by atoms with Gasteiger partial charge in [-0.15, -0.1) is 0 Å². The maximum absolute atomic E-state index is 13.3. The van der Waals surface area contributed by atoms with Gasteiger partial charge in [0.15, 0.2) is 0 Å². The highest BCUT2D eigenvalue weighted by atomic mass is 35.5. The lowest BCUT2D eigenvalue weighted by Gasteiger charge is -2.24. The summed E-state index contributed by atoms with van der Waals surface area (Å²) in [6.45, 7) is 1.69. The molecule has 3 rings (SSSR count). The van der Waals surface area contributed by atoms with E-state index in [1.54, 1.807) is 30.3 Å². The van der Waals surface area contributed by atoms with Crippen molar-refractivity contribution >= 4 is 50.5 Å². The summed E-state index contributed by atoms with van der Waals surface area (Å²) in [5, 5.41) is 2.97. The second kappa shape index (κ2) is 10.2. The molecule has 6 nitrogen and oxygen atoms in total. The number of anilines is 2. The predicted molar refractivity (Wildman–Crippen MR) is 124 cm³/mol. The lowest BCUT2D eigenvalue weighted by molar-refractivity contribution is -0.114. The Kier molecular flexibility index (Phi) is 7.60. The van der Waals surface area contributed by atoms with Gasteiger partial charge in [0.25, 0.3) is 10.0 Å². The Morgan fingerprint density at radius 2 is 1.59 bits per heavy atom. The molecule has 0 aliphatic rings. The highest BCUT2D eigenvalue weighted by Gasteiger charge is 2.28. The summed E-state index contributed by atoms with van der Waals surface area (Å²) in [7, 11) is -4.20. The molecule has 0 radical (unpaired) electrons. The Labute approximate surface area is 195 Å². The van der Waals surface area contributed by atoms with Crippen molar-refractivity contribution in [2.75, 3.05) is 22.8 Å². The molecule has 0 saturated heterocycles. The van der Waals surface area contributed by atoms with E-state index in [-0.39, 0.29) is 26.3 Å². The van der Waals surface area contributed by atoms with Crippen molar-refractivity contribution in [1.82, 2.24) is 0 Å². The second-order valence-corrected chi connectivity index (χ2v) is 9.21. The van der Waals surface area contributed by atoms with E-state index in [0.717, 1.165) is 28.6 Å². The average Bonchev–Trinajstić information content (AvgIpc) is 2.76. The Morgan fingerprint density at radius 3 is 2.16 bits per heavy atom. The normalized spacial score (nSPS) is 11.1. The Hall–Kier alpha value is -2.81. The fourth-order valence-electron chi connectivity index (χ4n) is 2.85. The largest absolute Gasteiger partial charge is 0.494 e. The monoisotopic (exact) mass is 496 g/mol. The van der Waals surface area contributed by atoms with Crippen LogP contribution in [0.5, 0.6) is 5.75 Å². The summed E-state index contributed by atoms with van der Waals surface area (Å²) in [6.07, 6.45) is 0. The number of halogens is 3. The van der Waals surface area contributed by atoms with E-state index in [9.17, 15) is 17.6 Å². The van der Waals surface area contributed by atoms with Gasteiger partial charge in [0, 0.05) is 0 Å². The first kappa shape index (κ1) is 23.8. The molecule has 0 spiro atoms. The van der Waals surface area contributed by atoms with Gasteiger partial charge in [-0.05, 0) is 67.6 Å². The van der Waals surface area contributed by atoms with Crippen LogP contribution < -0.4 is 14.4 Å². The minimum Gasteiger partial charge on any atom is -0.494 e. The topological polar surface area (TPSA) is 75.7 Å². The lowest BCUT2D eigenvalue weighted by Crippen LogP contribution is -2.38. The van der Waals surface area contributed by atoms with Crippen LogP contribution in [0.1, 0.15) is 6.92 Å². The minimum absolute atomic E-state index is 0.170. The number of benzene rings is 3. The Bertz CT molecular complexity index is 1180. The van der Waals surface area contributed by atoms with Crippen LogP contribution in [-0.2, 0) is 14.8 Å². The zero-order valence-corrected chi connectivity index (χ0v) is 19.2. The Balaban J connectivity index is 1.96. The third-order valence-corrected chi connectivity index (χ3v) is 6.77. The number of carbonyl (C=O) groups excluding carboxylic acids is 1. The first-order chi connectivity index (χ1) is 15.2. The molecule has 0 atom stereocenters. The van der Waals surface area contributed by atoms with E-state index in [0.29, 0.717) is 12.4 Å². The van der Waals surface area contributed by atoms with Crippen molar-refractivity contribution in [3.8, 4) is 5.75 Å². The third kappa shape index (κ3) is 5.51. The van der Waals surface area contributed by atoms with Gasteiger partial charge < -0.3 is 10.1 Å². The molecule has 0 heterocycles. The van der Waals surface area contributed by atoms with Crippen LogP contribution >= 0.6 is 23.2 Å². The van der Waals surface area contributed by atoms with E-state index in [1.807, 2.05) is 6.92 Å². The molecule has 0 fully saturated rings. The van der Waals surface area contributed by atoms with Crippen molar-refractivity contribution in [2.24, 2.45) is 0 Å². The van der Waals surface area contributed by atoms with Gasteiger partial charge in [0.05, 0.1) is 32.9 Å².